The summed E-state index contributed by atoms with van der Waals surface area (Å²) in [6.07, 6.45) is 0.695. The Morgan fingerprint density at radius 2 is 1.82 bits per heavy atom. The molecule has 1 amide bonds. The fraction of sp³-hybridized carbons (Fsp3) is 0.278. The number of benzene rings is 2. The molecule has 4 heteroatoms. The van der Waals surface area contributed by atoms with Gasteiger partial charge in [-0.3, -0.25) is 4.79 Å². The summed E-state index contributed by atoms with van der Waals surface area (Å²) in [5.74, 6) is 0.201. The summed E-state index contributed by atoms with van der Waals surface area (Å²) in [6.45, 7) is 2.74. The molecule has 2 aromatic carbocycles. The van der Waals surface area contributed by atoms with E-state index in [0.29, 0.717) is 18.5 Å². The summed E-state index contributed by atoms with van der Waals surface area (Å²) >= 11 is 1.59. The molecule has 0 radical (unpaired) electrons. The first kappa shape index (κ1) is 16.6. The van der Waals surface area contributed by atoms with Gasteiger partial charge in [0.2, 0.25) is 0 Å². The molecule has 0 saturated heterocycles. The van der Waals surface area contributed by atoms with E-state index in [9.17, 15) is 4.79 Å². The largest absolute Gasteiger partial charge is 0.396 e. The van der Waals surface area contributed by atoms with Crippen molar-refractivity contribution in [1.29, 1.82) is 0 Å². The predicted octanol–water partition coefficient (Wildman–Crippen LogP) is 3.59. The standard InChI is InChI=1S/C18H21NO2S/c1-14(11-12-20)13-19-18(21)16-9-5-6-10-17(16)22-15-7-3-2-4-8-15/h2-10,14,20H,11-13H2,1H3,(H,19,21). The van der Waals surface area contributed by atoms with Crippen LogP contribution in [0.5, 0.6) is 0 Å². The first-order chi connectivity index (χ1) is 10.7. The highest BCUT2D eigenvalue weighted by Crippen LogP contribution is 2.30. The lowest BCUT2D eigenvalue weighted by Gasteiger charge is -2.13. The van der Waals surface area contributed by atoms with E-state index < -0.39 is 0 Å². The zero-order valence-electron chi connectivity index (χ0n) is 12.7. The first-order valence-electron chi connectivity index (χ1n) is 7.41. The van der Waals surface area contributed by atoms with Crippen LogP contribution in [0.2, 0.25) is 0 Å². The highest BCUT2D eigenvalue weighted by molar-refractivity contribution is 7.99. The summed E-state index contributed by atoms with van der Waals surface area (Å²) in [5, 5.41) is 11.9. The quantitative estimate of drug-likeness (QED) is 0.821. The number of rotatable bonds is 7. The van der Waals surface area contributed by atoms with Crippen LogP contribution >= 0.6 is 11.8 Å². The molecule has 0 aliphatic rings. The van der Waals surface area contributed by atoms with Gasteiger partial charge in [0.1, 0.15) is 0 Å². The van der Waals surface area contributed by atoms with Crippen LogP contribution in [0.15, 0.2) is 64.4 Å². The second-order valence-corrected chi connectivity index (χ2v) is 6.35. The Balaban J connectivity index is 2.06. The molecule has 0 spiro atoms. The van der Waals surface area contributed by atoms with Crippen LogP contribution in [0, 0.1) is 5.92 Å². The second kappa shape index (κ2) is 8.61. The van der Waals surface area contributed by atoms with Gasteiger partial charge in [-0.2, -0.15) is 0 Å². The Bertz CT molecular complexity index is 601. The van der Waals surface area contributed by atoms with E-state index in [0.717, 1.165) is 9.79 Å². The van der Waals surface area contributed by atoms with Crippen molar-refractivity contribution < 1.29 is 9.90 Å². The lowest BCUT2D eigenvalue weighted by Crippen LogP contribution is -2.29. The predicted molar refractivity (Wildman–Crippen MR) is 90.2 cm³/mol. The van der Waals surface area contributed by atoms with E-state index in [1.807, 2.05) is 61.5 Å². The monoisotopic (exact) mass is 315 g/mol. The second-order valence-electron chi connectivity index (χ2n) is 5.24. The van der Waals surface area contributed by atoms with E-state index in [2.05, 4.69) is 5.32 Å². The molecule has 0 fully saturated rings. The fourth-order valence-electron chi connectivity index (χ4n) is 2.04. The van der Waals surface area contributed by atoms with Gasteiger partial charge < -0.3 is 10.4 Å². The molecule has 0 aromatic heterocycles. The SMILES string of the molecule is CC(CCO)CNC(=O)c1ccccc1Sc1ccccc1. The number of hydrogen-bond acceptors (Lipinski definition) is 3. The fourth-order valence-corrected chi connectivity index (χ4v) is 3.01. The molecule has 1 unspecified atom stereocenters. The number of aliphatic hydroxyl groups excluding tert-OH is 1. The smallest absolute Gasteiger partial charge is 0.252 e. The normalized spacial score (nSPS) is 11.9. The molecule has 0 aliphatic heterocycles. The van der Waals surface area contributed by atoms with Crippen molar-refractivity contribution in [3.63, 3.8) is 0 Å². The maximum absolute atomic E-state index is 12.4. The third-order valence-electron chi connectivity index (χ3n) is 3.34. The lowest BCUT2D eigenvalue weighted by molar-refractivity contribution is 0.0942. The molecule has 2 rings (SSSR count). The van der Waals surface area contributed by atoms with Crippen molar-refractivity contribution in [1.82, 2.24) is 5.32 Å². The molecular formula is C18H21NO2S. The van der Waals surface area contributed by atoms with Gasteiger partial charge >= 0.3 is 0 Å². The summed E-state index contributed by atoms with van der Waals surface area (Å²) in [5.41, 5.74) is 0.688. The van der Waals surface area contributed by atoms with Crippen molar-refractivity contribution in [3.8, 4) is 0 Å². The molecule has 2 N–H and O–H groups in total. The summed E-state index contributed by atoms with van der Waals surface area (Å²) in [7, 11) is 0. The Morgan fingerprint density at radius 1 is 1.14 bits per heavy atom. The summed E-state index contributed by atoms with van der Waals surface area (Å²) < 4.78 is 0. The topological polar surface area (TPSA) is 49.3 Å². The molecule has 0 heterocycles. The Hall–Kier alpha value is -1.78. The zero-order chi connectivity index (χ0) is 15.8. The number of nitrogens with one attached hydrogen (secondary N) is 1. The lowest BCUT2D eigenvalue weighted by atomic mass is 10.1. The van der Waals surface area contributed by atoms with E-state index in [-0.39, 0.29) is 18.4 Å². The van der Waals surface area contributed by atoms with Crippen molar-refractivity contribution in [3.05, 3.63) is 60.2 Å². The average molecular weight is 315 g/mol. The van der Waals surface area contributed by atoms with E-state index in [4.69, 9.17) is 5.11 Å². The van der Waals surface area contributed by atoms with E-state index in [1.165, 1.54) is 0 Å². The summed E-state index contributed by atoms with van der Waals surface area (Å²) in [6, 6.07) is 17.6. The van der Waals surface area contributed by atoms with Crippen molar-refractivity contribution in [2.75, 3.05) is 13.2 Å². The zero-order valence-corrected chi connectivity index (χ0v) is 13.5. The number of hydrogen-bond donors (Lipinski definition) is 2. The minimum Gasteiger partial charge on any atom is -0.396 e. The van der Waals surface area contributed by atoms with Crippen LogP contribution in [-0.4, -0.2) is 24.2 Å². The van der Waals surface area contributed by atoms with Crippen LogP contribution in [0.25, 0.3) is 0 Å². The molecule has 0 bridgehead atoms. The van der Waals surface area contributed by atoms with Gasteiger partial charge in [-0.1, -0.05) is 49.0 Å². The third-order valence-corrected chi connectivity index (χ3v) is 4.42. The van der Waals surface area contributed by atoms with E-state index in [1.54, 1.807) is 11.8 Å². The Kier molecular flexibility index (Phi) is 6.49. The minimum absolute atomic E-state index is 0.0659. The average Bonchev–Trinajstić information content (AvgIpc) is 2.54. The highest BCUT2D eigenvalue weighted by atomic mass is 32.2. The maximum atomic E-state index is 12.4. The molecule has 116 valence electrons. The van der Waals surface area contributed by atoms with Crippen LogP contribution in [0.3, 0.4) is 0 Å². The van der Waals surface area contributed by atoms with Gasteiger partial charge in [0.15, 0.2) is 0 Å². The van der Waals surface area contributed by atoms with Gasteiger partial charge in [0.25, 0.3) is 5.91 Å². The van der Waals surface area contributed by atoms with Crippen LogP contribution in [0.1, 0.15) is 23.7 Å². The van der Waals surface area contributed by atoms with Crippen LogP contribution in [-0.2, 0) is 0 Å². The number of carbonyl (C=O) groups is 1. The summed E-state index contributed by atoms with van der Waals surface area (Å²) in [4.78, 5) is 14.4. The Morgan fingerprint density at radius 3 is 2.55 bits per heavy atom. The highest BCUT2D eigenvalue weighted by Gasteiger charge is 2.12. The molecule has 0 aliphatic carbocycles. The van der Waals surface area contributed by atoms with Gasteiger partial charge in [-0.25, -0.2) is 0 Å². The van der Waals surface area contributed by atoms with Crippen LogP contribution < -0.4 is 5.32 Å². The molecule has 3 nitrogen and oxygen atoms in total. The molecule has 22 heavy (non-hydrogen) atoms. The minimum atomic E-state index is -0.0659. The molecule has 1 atom stereocenters. The van der Waals surface area contributed by atoms with Crippen LogP contribution in [0.4, 0.5) is 0 Å². The van der Waals surface area contributed by atoms with Crippen molar-refractivity contribution in [2.24, 2.45) is 5.92 Å². The maximum Gasteiger partial charge on any atom is 0.252 e. The van der Waals surface area contributed by atoms with Gasteiger partial charge in [-0.05, 0) is 36.6 Å². The molecular weight excluding hydrogens is 294 g/mol. The number of aliphatic hydroxyl groups is 1. The first-order valence-corrected chi connectivity index (χ1v) is 8.23. The van der Waals surface area contributed by atoms with Gasteiger partial charge in [0.05, 0.1) is 5.56 Å². The third kappa shape index (κ3) is 4.90. The number of amides is 1. The van der Waals surface area contributed by atoms with Gasteiger partial charge in [0, 0.05) is 22.9 Å². The van der Waals surface area contributed by atoms with E-state index >= 15 is 0 Å². The van der Waals surface area contributed by atoms with Crippen molar-refractivity contribution in [2.45, 2.75) is 23.1 Å². The van der Waals surface area contributed by atoms with Gasteiger partial charge in [-0.15, -0.1) is 0 Å². The number of carbonyl (C=O) groups excluding carboxylic acids is 1. The Labute approximate surface area is 135 Å². The molecule has 0 saturated carbocycles. The van der Waals surface area contributed by atoms with Crippen molar-refractivity contribution >= 4 is 17.7 Å². The molecule has 2 aromatic rings.